The van der Waals surface area contributed by atoms with E-state index in [4.69, 9.17) is 9.47 Å². The highest BCUT2D eigenvalue weighted by atomic mass is 16.7. The molecule has 7 atom stereocenters. The van der Waals surface area contributed by atoms with Gasteiger partial charge in [-0.25, -0.2) is 0 Å². The molecular formula is C68H123NO8. The molecular weight excluding hydrogens is 959 g/mol. The fraction of sp³-hybridized carbons (Fsp3) is 0.809. The number of unbranched alkanes of at least 4 members (excludes halogenated alkanes) is 34. The largest absolute Gasteiger partial charge is 0.394 e. The van der Waals surface area contributed by atoms with Crippen LogP contribution in [0.5, 0.6) is 0 Å². The summed E-state index contributed by atoms with van der Waals surface area (Å²) >= 11 is 0. The van der Waals surface area contributed by atoms with Crippen LogP contribution in [0.4, 0.5) is 0 Å². The molecule has 0 aliphatic carbocycles. The van der Waals surface area contributed by atoms with E-state index >= 15 is 0 Å². The molecule has 1 saturated heterocycles. The van der Waals surface area contributed by atoms with Gasteiger partial charge in [0.15, 0.2) is 6.29 Å². The summed E-state index contributed by atoms with van der Waals surface area (Å²) in [5.74, 6) is -0.142. The third-order valence-electron chi connectivity index (χ3n) is 15.3. The van der Waals surface area contributed by atoms with Crippen molar-refractivity contribution in [1.82, 2.24) is 5.32 Å². The van der Waals surface area contributed by atoms with Crippen LogP contribution in [0.3, 0.4) is 0 Å². The van der Waals surface area contributed by atoms with Crippen molar-refractivity contribution in [1.29, 1.82) is 0 Å². The molecule has 0 bridgehead atoms. The van der Waals surface area contributed by atoms with E-state index in [0.29, 0.717) is 12.8 Å². The van der Waals surface area contributed by atoms with Gasteiger partial charge in [-0.15, -0.1) is 0 Å². The van der Waals surface area contributed by atoms with Crippen molar-refractivity contribution in [3.05, 3.63) is 72.9 Å². The normalized spacial score (nSPS) is 19.2. The van der Waals surface area contributed by atoms with Crippen LogP contribution in [-0.2, 0) is 14.3 Å². The molecule has 1 heterocycles. The summed E-state index contributed by atoms with van der Waals surface area (Å²) in [6.45, 7) is 3.75. The van der Waals surface area contributed by atoms with Crippen LogP contribution in [0.1, 0.15) is 296 Å². The van der Waals surface area contributed by atoms with Crippen LogP contribution in [0, 0.1) is 0 Å². The Morgan fingerprint density at radius 2 is 0.805 bits per heavy atom. The molecule has 1 rings (SSSR count). The van der Waals surface area contributed by atoms with Gasteiger partial charge < -0.3 is 40.3 Å². The molecule has 0 radical (unpaired) electrons. The summed E-state index contributed by atoms with van der Waals surface area (Å²) in [5, 5.41) is 54.8. The molecule has 0 aromatic rings. The number of ether oxygens (including phenoxy) is 2. The Kier molecular flexibility index (Phi) is 53.7. The van der Waals surface area contributed by atoms with Gasteiger partial charge in [-0.1, -0.05) is 299 Å². The molecule has 9 heteroatoms. The summed E-state index contributed by atoms with van der Waals surface area (Å²) in [6, 6.07) is -0.722. The average Bonchev–Trinajstić information content (AvgIpc) is 3.43. The molecule has 7 unspecified atom stereocenters. The maximum atomic E-state index is 13.1. The van der Waals surface area contributed by atoms with Gasteiger partial charge in [0.05, 0.1) is 25.4 Å². The maximum absolute atomic E-state index is 13.1. The Bertz CT molecular complexity index is 1440. The van der Waals surface area contributed by atoms with Gasteiger partial charge in [0.2, 0.25) is 5.91 Å². The Hall–Kier alpha value is -2.37. The number of amides is 1. The Morgan fingerprint density at radius 3 is 1.19 bits per heavy atom. The number of allylic oxidation sites excluding steroid dienone is 12. The van der Waals surface area contributed by atoms with E-state index in [1.165, 1.54) is 193 Å². The Balaban J connectivity index is 2.11. The van der Waals surface area contributed by atoms with Crippen LogP contribution >= 0.6 is 0 Å². The van der Waals surface area contributed by atoms with Gasteiger partial charge in [0.1, 0.15) is 24.4 Å². The van der Waals surface area contributed by atoms with Crippen LogP contribution in [-0.4, -0.2) is 87.5 Å². The minimum absolute atomic E-state index is 0.137. The zero-order valence-electron chi connectivity index (χ0n) is 50.0. The van der Waals surface area contributed by atoms with Gasteiger partial charge in [-0.05, 0) is 64.2 Å². The molecule has 448 valence electrons. The molecule has 1 fully saturated rings. The van der Waals surface area contributed by atoms with Crippen LogP contribution in [0.25, 0.3) is 0 Å². The van der Waals surface area contributed by atoms with Crippen molar-refractivity contribution in [2.45, 2.75) is 339 Å². The quantitative estimate of drug-likeness (QED) is 0.0261. The smallest absolute Gasteiger partial charge is 0.220 e. The molecule has 9 nitrogen and oxygen atoms in total. The van der Waals surface area contributed by atoms with Crippen molar-refractivity contribution < 1.29 is 39.8 Å². The van der Waals surface area contributed by atoms with E-state index < -0.39 is 49.5 Å². The molecule has 1 amide bonds. The first-order valence-corrected chi connectivity index (χ1v) is 32.6. The molecule has 0 aromatic carbocycles. The van der Waals surface area contributed by atoms with Gasteiger partial charge in [-0.2, -0.15) is 0 Å². The average molecular weight is 1080 g/mol. The topological polar surface area (TPSA) is 149 Å². The van der Waals surface area contributed by atoms with Gasteiger partial charge in [0, 0.05) is 6.42 Å². The van der Waals surface area contributed by atoms with E-state index in [0.717, 1.165) is 77.0 Å². The second-order valence-electron chi connectivity index (χ2n) is 22.5. The zero-order chi connectivity index (χ0) is 55.8. The fourth-order valence-electron chi connectivity index (χ4n) is 10.2. The number of carbonyl (C=O) groups is 1. The van der Waals surface area contributed by atoms with Gasteiger partial charge in [-0.3, -0.25) is 4.79 Å². The summed E-state index contributed by atoms with van der Waals surface area (Å²) in [7, 11) is 0. The SMILES string of the molecule is CC/C=C\C/C=C\C/C=C\C/C=C\C/C=C\C/C=C\CCCCCCCCCCCCCCCCCCC(=O)NC(COC1OC(CO)C(O)C(O)C1O)C(O)CCCCCCCCCCCCCCCCCCCCC. The van der Waals surface area contributed by atoms with Crippen LogP contribution < -0.4 is 5.32 Å². The lowest BCUT2D eigenvalue weighted by molar-refractivity contribution is -0.302. The lowest BCUT2D eigenvalue weighted by atomic mass is 9.99. The van der Waals surface area contributed by atoms with Crippen LogP contribution in [0.2, 0.25) is 0 Å². The second kappa shape index (κ2) is 56.9. The predicted octanol–water partition coefficient (Wildman–Crippen LogP) is 17.2. The first-order chi connectivity index (χ1) is 37.8. The number of hydrogen-bond acceptors (Lipinski definition) is 8. The minimum atomic E-state index is -1.56. The number of hydrogen-bond donors (Lipinski definition) is 6. The van der Waals surface area contributed by atoms with Crippen molar-refractivity contribution in [3.63, 3.8) is 0 Å². The number of aliphatic hydroxyl groups excluding tert-OH is 5. The van der Waals surface area contributed by atoms with E-state index in [1.54, 1.807) is 0 Å². The third kappa shape index (κ3) is 46.0. The molecule has 77 heavy (non-hydrogen) atoms. The lowest BCUT2D eigenvalue weighted by Gasteiger charge is -2.40. The van der Waals surface area contributed by atoms with Gasteiger partial charge in [0.25, 0.3) is 0 Å². The van der Waals surface area contributed by atoms with E-state index in [2.05, 4.69) is 92.1 Å². The summed E-state index contributed by atoms with van der Waals surface area (Å²) in [5.41, 5.74) is 0. The first kappa shape index (κ1) is 72.6. The summed E-state index contributed by atoms with van der Waals surface area (Å²) in [6.07, 6.45) is 72.3. The Labute approximate surface area is 474 Å². The minimum Gasteiger partial charge on any atom is -0.394 e. The van der Waals surface area contributed by atoms with Gasteiger partial charge >= 0.3 is 0 Å². The molecule has 0 aromatic heterocycles. The molecule has 1 aliphatic rings. The lowest BCUT2D eigenvalue weighted by Crippen LogP contribution is -2.60. The fourth-order valence-corrected chi connectivity index (χ4v) is 10.2. The van der Waals surface area contributed by atoms with Crippen molar-refractivity contribution in [3.8, 4) is 0 Å². The summed E-state index contributed by atoms with van der Waals surface area (Å²) in [4.78, 5) is 13.1. The highest BCUT2D eigenvalue weighted by Gasteiger charge is 2.44. The number of nitrogens with one attached hydrogen (secondary N) is 1. The highest BCUT2D eigenvalue weighted by molar-refractivity contribution is 5.76. The maximum Gasteiger partial charge on any atom is 0.220 e. The molecule has 0 saturated carbocycles. The number of aliphatic hydroxyl groups is 5. The van der Waals surface area contributed by atoms with E-state index in [-0.39, 0.29) is 12.5 Å². The molecule has 0 spiro atoms. The monoisotopic (exact) mass is 1080 g/mol. The second-order valence-corrected chi connectivity index (χ2v) is 22.5. The number of carbonyl (C=O) groups excluding carboxylic acids is 1. The number of rotatable bonds is 56. The van der Waals surface area contributed by atoms with Crippen molar-refractivity contribution in [2.24, 2.45) is 0 Å². The third-order valence-corrected chi connectivity index (χ3v) is 15.3. The van der Waals surface area contributed by atoms with E-state index in [1.807, 2.05) is 0 Å². The summed E-state index contributed by atoms with van der Waals surface area (Å²) < 4.78 is 11.3. The zero-order valence-corrected chi connectivity index (χ0v) is 50.0. The Morgan fingerprint density at radius 1 is 0.455 bits per heavy atom. The van der Waals surface area contributed by atoms with Crippen molar-refractivity contribution >= 4 is 5.91 Å². The standard InChI is InChI=1S/C68H123NO8/c1-3-5-7-9-11-13-15-17-19-21-23-24-25-26-27-28-29-30-31-32-33-34-35-36-37-38-40-42-44-46-48-50-52-54-56-58-64(72)69-61(60-76-68-67(75)66(74)65(73)63(59-70)77-68)62(71)57-55-53-51-49-47-45-43-41-39-22-20-18-16-14-12-10-8-6-4-2/h5,7,11,13,17,19,23-24,26-27,29-30,61-63,65-68,70-71,73-75H,3-4,6,8-10,12,14-16,18,20-22,25,28,31-60H2,1-2H3,(H,69,72)/b7-5-,13-11-,19-17-,24-23-,27-26-,30-29-. The van der Waals surface area contributed by atoms with E-state index in [9.17, 15) is 30.3 Å². The van der Waals surface area contributed by atoms with Crippen molar-refractivity contribution in [2.75, 3.05) is 13.2 Å². The highest BCUT2D eigenvalue weighted by Crippen LogP contribution is 2.23. The van der Waals surface area contributed by atoms with Crippen LogP contribution in [0.15, 0.2) is 72.9 Å². The predicted molar refractivity (Wildman–Crippen MR) is 327 cm³/mol. The molecule has 1 aliphatic heterocycles. The molecule has 6 N–H and O–H groups in total. The first-order valence-electron chi connectivity index (χ1n) is 32.6.